The van der Waals surface area contributed by atoms with Gasteiger partial charge in [-0.25, -0.2) is 19.9 Å². The monoisotopic (exact) mass is 270 g/mol. The molecule has 6 heteroatoms. The number of nitrogens with zero attached hydrogens (tertiary/aromatic N) is 4. The Bertz CT molecular complexity index is 565. The van der Waals surface area contributed by atoms with Crippen LogP contribution in [0.1, 0.15) is 36.8 Å². The molecule has 2 aromatic rings. The summed E-state index contributed by atoms with van der Waals surface area (Å²) in [5.41, 5.74) is 0.945. The topological polar surface area (TPSA) is 75.6 Å². The number of rotatable bonds is 3. The zero-order valence-corrected chi connectivity index (χ0v) is 11.5. The molecule has 2 N–H and O–H groups in total. The molecule has 0 aromatic carbocycles. The van der Waals surface area contributed by atoms with Crippen LogP contribution in [0.5, 0.6) is 0 Å². The summed E-state index contributed by atoms with van der Waals surface area (Å²) in [6.45, 7) is 3.01. The normalized spacial score (nSPS) is 18.8. The Morgan fingerprint density at radius 2 is 2.05 bits per heavy atom. The van der Waals surface area contributed by atoms with Crippen LogP contribution in [0.25, 0.3) is 0 Å². The van der Waals surface area contributed by atoms with Gasteiger partial charge in [0.15, 0.2) is 0 Å². The molecule has 1 atom stereocenters. The first-order chi connectivity index (χ1) is 9.81. The van der Waals surface area contributed by atoms with Crippen molar-refractivity contribution in [1.29, 1.82) is 0 Å². The van der Waals surface area contributed by atoms with Gasteiger partial charge >= 0.3 is 0 Å². The fraction of sp³-hybridized carbons (Fsp3) is 0.429. The van der Waals surface area contributed by atoms with E-state index < -0.39 is 0 Å². The highest BCUT2D eigenvalue weighted by molar-refractivity contribution is 5.47. The lowest BCUT2D eigenvalue weighted by Crippen LogP contribution is -2.28. The van der Waals surface area contributed by atoms with Crippen molar-refractivity contribution in [3.05, 3.63) is 36.0 Å². The highest BCUT2D eigenvalue weighted by Gasteiger charge is 2.18. The Labute approximate surface area is 118 Å². The predicted molar refractivity (Wildman–Crippen MR) is 76.7 cm³/mol. The number of hydrogen-bond donors (Lipinski definition) is 2. The second-order valence-electron chi connectivity index (χ2n) is 4.95. The maximum absolute atomic E-state index is 4.59. The molecule has 1 aliphatic heterocycles. The van der Waals surface area contributed by atoms with Crippen LogP contribution in [0.15, 0.2) is 24.5 Å². The molecule has 0 spiro atoms. The van der Waals surface area contributed by atoms with E-state index in [1.165, 1.54) is 12.8 Å². The Hall–Kier alpha value is -2.08. The largest absolute Gasteiger partial charge is 0.309 e. The molecule has 0 bridgehead atoms. The number of nitrogens with one attached hydrogen (secondary N) is 2. The van der Waals surface area contributed by atoms with E-state index in [4.69, 9.17) is 0 Å². The molecule has 3 heterocycles. The van der Waals surface area contributed by atoms with Crippen molar-refractivity contribution in [3.8, 4) is 0 Å². The van der Waals surface area contributed by atoms with Gasteiger partial charge < -0.3 is 10.6 Å². The zero-order chi connectivity index (χ0) is 13.8. The summed E-state index contributed by atoms with van der Waals surface area (Å²) >= 11 is 0. The molecular formula is C14H18N6. The number of piperidine rings is 1. The molecule has 0 aliphatic carbocycles. The highest BCUT2D eigenvalue weighted by Crippen LogP contribution is 2.22. The molecule has 0 radical (unpaired) electrons. The number of anilines is 2. The number of hydrogen-bond acceptors (Lipinski definition) is 6. The molecule has 1 fully saturated rings. The molecular weight excluding hydrogens is 252 g/mol. The maximum atomic E-state index is 4.59. The van der Waals surface area contributed by atoms with Crippen molar-refractivity contribution in [2.24, 2.45) is 0 Å². The van der Waals surface area contributed by atoms with Crippen LogP contribution < -0.4 is 10.6 Å². The van der Waals surface area contributed by atoms with Crippen molar-refractivity contribution in [2.75, 3.05) is 11.9 Å². The Balaban J connectivity index is 1.82. The minimum atomic E-state index is 0.251. The lowest BCUT2D eigenvalue weighted by atomic mass is 10.0. The molecule has 3 rings (SSSR count). The molecule has 0 amide bonds. The molecule has 6 nitrogen and oxygen atoms in total. The van der Waals surface area contributed by atoms with E-state index in [1.807, 2.05) is 13.0 Å². The van der Waals surface area contributed by atoms with Crippen LogP contribution in [0.3, 0.4) is 0 Å². The van der Waals surface area contributed by atoms with Crippen LogP contribution in [0.4, 0.5) is 11.8 Å². The van der Waals surface area contributed by atoms with E-state index in [2.05, 4.69) is 30.6 Å². The van der Waals surface area contributed by atoms with Gasteiger partial charge in [0.05, 0.1) is 6.04 Å². The van der Waals surface area contributed by atoms with Crippen LogP contribution in [-0.4, -0.2) is 26.5 Å². The third kappa shape index (κ3) is 3.08. The summed E-state index contributed by atoms with van der Waals surface area (Å²) in [7, 11) is 0. The molecule has 1 unspecified atom stereocenters. The van der Waals surface area contributed by atoms with E-state index >= 15 is 0 Å². The van der Waals surface area contributed by atoms with Crippen LogP contribution >= 0.6 is 0 Å². The standard InChI is InChI=1S/C14H18N6/c1-10-9-12(20-14-16-7-4-8-17-14)19-13(18-10)11-5-2-3-6-15-11/h4,7-9,11,15H,2-3,5-6H2,1H3,(H,16,17,18,19,20). The molecule has 104 valence electrons. The molecule has 0 saturated carbocycles. The molecule has 2 aromatic heterocycles. The van der Waals surface area contributed by atoms with Gasteiger partial charge in [-0.05, 0) is 32.4 Å². The van der Waals surface area contributed by atoms with Crippen molar-refractivity contribution >= 4 is 11.8 Å². The Kier molecular flexibility index (Phi) is 3.83. The highest BCUT2D eigenvalue weighted by atomic mass is 15.2. The van der Waals surface area contributed by atoms with Crippen LogP contribution in [-0.2, 0) is 0 Å². The van der Waals surface area contributed by atoms with Crippen LogP contribution in [0.2, 0.25) is 0 Å². The van der Waals surface area contributed by atoms with Crippen molar-refractivity contribution < 1.29 is 0 Å². The van der Waals surface area contributed by atoms with E-state index in [-0.39, 0.29) is 6.04 Å². The van der Waals surface area contributed by atoms with Gasteiger partial charge in [-0.1, -0.05) is 6.42 Å². The lowest BCUT2D eigenvalue weighted by molar-refractivity contribution is 0.397. The fourth-order valence-corrected chi connectivity index (χ4v) is 2.36. The van der Waals surface area contributed by atoms with Gasteiger partial charge in [-0.15, -0.1) is 0 Å². The molecule has 20 heavy (non-hydrogen) atoms. The Morgan fingerprint density at radius 1 is 1.20 bits per heavy atom. The van der Waals surface area contributed by atoms with Gasteiger partial charge in [0.1, 0.15) is 11.6 Å². The van der Waals surface area contributed by atoms with E-state index in [0.29, 0.717) is 5.95 Å². The smallest absolute Gasteiger partial charge is 0.228 e. The van der Waals surface area contributed by atoms with Gasteiger partial charge in [-0.2, -0.15) is 0 Å². The van der Waals surface area contributed by atoms with Crippen molar-refractivity contribution in [3.63, 3.8) is 0 Å². The molecule has 1 aliphatic rings. The maximum Gasteiger partial charge on any atom is 0.228 e. The minimum Gasteiger partial charge on any atom is -0.309 e. The van der Waals surface area contributed by atoms with Gasteiger partial charge in [0, 0.05) is 24.2 Å². The Morgan fingerprint density at radius 3 is 2.80 bits per heavy atom. The summed E-state index contributed by atoms with van der Waals surface area (Å²) < 4.78 is 0. The first-order valence-electron chi connectivity index (χ1n) is 6.94. The summed E-state index contributed by atoms with van der Waals surface area (Å²) in [6.07, 6.45) is 6.94. The van der Waals surface area contributed by atoms with Crippen molar-refractivity contribution in [2.45, 2.75) is 32.2 Å². The fourth-order valence-electron chi connectivity index (χ4n) is 2.36. The number of aryl methyl sites for hydroxylation is 1. The van der Waals surface area contributed by atoms with Gasteiger partial charge in [-0.3, -0.25) is 0 Å². The van der Waals surface area contributed by atoms with Gasteiger partial charge in [0.2, 0.25) is 5.95 Å². The quantitative estimate of drug-likeness (QED) is 0.890. The summed E-state index contributed by atoms with van der Waals surface area (Å²) in [4.78, 5) is 17.4. The van der Waals surface area contributed by atoms with E-state index in [9.17, 15) is 0 Å². The first kappa shape index (κ1) is 12.9. The van der Waals surface area contributed by atoms with Gasteiger partial charge in [0.25, 0.3) is 0 Å². The third-order valence-corrected chi connectivity index (χ3v) is 3.30. The van der Waals surface area contributed by atoms with E-state index in [1.54, 1.807) is 18.5 Å². The summed E-state index contributed by atoms with van der Waals surface area (Å²) in [5.74, 6) is 2.14. The first-order valence-corrected chi connectivity index (χ1v) is 6.94. The second kappa shape index (κ2) is 5.92. The van der Waals surface area contributed by atoms with E-state index in [0.717, 1.165) is 30.3 Å². The van der Waals surface area contributed by atoms with Crippen LogP contribution in [0, 0.1) is 6.92 Å². The second-order valence-corrected chi connectivity index (χ2v) is 4.95. The number of aromatic nitrogens is 4. The lowest BCUT2D eigenvalue weighted by Gasteiger charge is -2.22. The predicted octanol–water partition coefficient (Wildman–Crippen LogP) is 2.13. The summed E-state index contributed by atoms with van der Waals surface area (Å²) in [5, 5.41) is 6.59. The molecule has 1 saturated heterocycles. The summed E-state index contributed by atoms with van der Waals surface area (Å²) in [6, 6.07) is 3.94. The third-order valence-electron chi connectivity index (χ3n) is 3.30. The SMILES string of the molecule is Cc1cc(Nc2ncccn2)nc(C2CCCCN2)n1. The average molecular weight is 270 g/mol. The average Bonchev–Trinajstić information content (AvgIpc) is 2.49. The zero-order valence-electron chi connectivity index (χ0n) is 11.5. The minimum absolute atomic E-state index is 0.251. The van der Waals surface area contributed by atoms with Crippen molar-refractivity contribution in [1.82, 2.24) is 25.3 Å².